The largest absolute Gasteiger partial charge is 0.452 e. The molecule has 0 saturated heterocycles. The summed E-state index contributed by atoms with van der Waals surface area (Å²) >= 11 is 0. The molecule has 4 rings (SSSR count). The number of nitrogens with zero attached hydrogens (tertiary/aromatic N) is 2. The summed E-state index contributed by atoms with van der Waals surface area (Å²) in [4.78, 5) is 53.3. The van der Waals surface area contributed by atoms with E-state index in [1.54, 1.807) is 30.5 Å². The van der Waals surface area contributed by atoms with Gasteiger partial charge in [0.1, 0.15) is 5.76 Å². The summed E-state index contributed by atoms with van der Waals surface area (Å²) in [6.07, 6.45) is 1.58. The lowest BCUT2D eigenvalue weighted by atomic mass is 10.1. The van der Waals surface area contributed by atoms with Crippen LogP contribution in [0.5, 0.6) is 0 Å². The molecule has 0 fully saturated rings. The Hall–Kier alpha value is -3.94. The first kappa shape index (κ1) is 16.5. The van der Waals surface area contributed by atoms with Gasteiger partial charge in [-0.3, -0.25) is 14.4 Å². The Morgan fingerprint density at radius 3 is 2.22 bits per heavy atom. The molecular weight excluding hydrogens is 352 g/mol. The zero-order valence-corrected chi connectivity index (χ0v) is 13.8. The SMILES string of the molecule is O=C(ON1C(=O)c2ccccc2C1=O)c1ccc(Cn2ccccc2=O)o1. The van der Waals surface area contributed by atoms with Crippen LogP contribution in [-0.2, 0) is 11.4 Å². The minimum atomic E-state index is -0.990. The number of rotatable bonds is 4. The van der Waals surface area contributed by atoms with Crippen molar-refractivity contribution in [3.63, 3.8) is 0 Å². The lowest BCUT2D eigenvalue weighted by molar-refractivity contribution is -0.0603. The molecule has 2 amide bonds. The van der Waals surface area contributed by atoms with Gasteiger partial charge in [-0.15, -0.1) is 0 Å². The Labute approximate surface area is 152 Å². The van der Waals surface area contributed by atoms with Gasteiger partial charge in [-0.05, 0) is 30.3 Å². The molecule has 1 aliphatic rings. The number of hydroxylamine groups is 2. The molecule has 8 heteroatoms. The fourth-order valence-corrected chi connectivity index (χ4v) is 2.71. The van der Waals surface area contributed by atoms with Gasteiger partial charge in [0.25, 0.3) is 17.4 Å². The number of carbonyl (C=O) groups is 3. The molecule has 2 aromatic heterocycles. The van der Waals surface area contributed by atoms with Gasteiger partial charge < -0.3 is 13.8 Å². The molecule has 0 spiro atoms. The van der Waals surface area contributed by atoms with Gasteiger partial charge in [0, 0.05) is 12.3 Å². The number of amides is 2. The van der Waals surface area contributed by atoms with Gasteiger partial charge in [0.05, 0.1) is 17.7 Å². The van der Waals surface area contributed by atoms with Crippen molar-refractivity contribution in [2.45, 2.75) is 6.54 Å². The molecule has 1 aromatic carbocycles. The van der Waals surface area contributed by atoms with Crippen molar-refractivity contribution in [3.8, 4) is 0 Å². The lowest BCUT2D eigenvalue weighted by Gasteiger charge is -2.11. The number of pyridine rings is 1. The van der Waals surface area contributed by atoms with Crippen LogP contribution in [0.1, 0.15) is 37.0 Å². The summed E-state index contributed by atoms with van der Waals surface area (Å²) in [6, 6.07) is 13.8. The monoisotopic (exact) mass is 364 g/mol. The second-order valence-electron chi connectivity index (χ2n) is 5.76. The summed E-state index contributed by atoms with van der Waals surface area (Å²) in [5.41, 5.74) is 0.113. The summed E-state index contributed by atoms with van der Waals surface area (Å²) in [5, 5.41) is 0.414. The second kappa shape index (κ2) is 6.41. The molecule has 0 aliphatic carbocycles. The fraction of sp³-hybridized carbons (Fsp3) is 0.0526. The van der Waals surface area contributed by atoms with Gasteiger partial charge >= 0.3 is 5.97 Å². The Morgan fingerprint density at radius 2 is 1.56 bits per heavy atom. The lowest BCUT2D eigenvalue weighted by Crippen LogP contribution is -2.32. The first-order valence-electron chi connectivity index (χ1n) is 7.99. The van der Waals surface area contributed by atoms with Crippen molar-refractivity contribution in [1.29, 1.82) is 0 Å². The van der Waals surface area contributed by atoms with E-state index in [1.165, 1.54) is 34.9 Å². The second-order valence-corrected chi connectivity index (χ2v) is 5.76. The highest BCUT2D eigenvalue weighted by atomic mass is 16.7. The van der Waals surface area contributed by atoms with Crippen molar-refractivity contribution < 1.29 is 23.6 Å². The third-order valence-electron chi connectivity index (χ3n) is 4.02. The molecule has 0 unspecified atom stereocenters. The number of benzene rings is 1. The smallest absolute Gasteiger partial charge is 0.399 e. The number of hydrogen-bond donors (Lipinski definition) is 0. The highest BCUT2D eigenvalue weighted by Crippen LogP contribution is 2.23. The van der Waals surface area contributed by atoms with Gasteiger partial charge in [-0.1, -0.05) is 23.3 Å². The van der Waals surface area contributed by atoms with Crippen LogP contribution < -0.4 is 5.56 Å². The van der Waals surface area contributed by atoms with Crippen molar-refractivity contribution in [2.24, 2.45) is 0 Å². The molecule has 8 nitrogen and oxygen atoms in total. The Bertz CT molecular complexity index is 1090. The molecule has 1 aliphatic heterocycles. The van der Waals surface area contributed by atoms with Crippen LogP contribution >= 0.6 is 0 Å². The number of carbonyl (C=O) groups excluding carboxylic acids is 3. The van der Waals surface area contributed by atoms with Crippen LogP contribution in [0.2, 0.25) is 0 Å². The molecule has 134 valence electrons. The molecule has 0 atom stereocenters. The Kier molecular flexibility index (Phi) is 3.92. The predicted octanol–water partition coefficient (Wildman–Crippen LogP) is 1.86. The molecule has 0 N–H and O–H groups in total. The molecule has 0 radical (unpaired) electrons. The number of imide groups is 1. The van der Waals surface area contributed by atoms with Crippen LogP contribution in [0.3, 0.4) is 0 Å². The van der Waals surface area contributed by atoms with Gasteiger partial charge in [-0.25, -0.2) is 4.79 Å². The summed E-state index contributed by atoms with van der Waals surface area (Å²) in [6.45, 7) is 0.125. The minimum absolute atomic E-state index is 0.125. The predicted molar refractivity (Wildman–Crippen MR) is 90.9 cm³/mol. The molecule has 27 heavy (non-hydrogen) atoms. The van der Waals surface area contributed by atoms with E-state index in [-0.39, 0.29) is 29.0 Å². The van der Waals surface area contributed by atoms with E-state index in [2.05, 4.69) is 0 Å². The van der Waals surface area contributed by atoms with E-state index in [1.807, 2.05) is 0 Å². The minimum Gasteiger partial charge on any atom is -0.452 e. The number of fused-ring (bicyclic) bond motifs is 1. The van der Waals surface area contributed by atoms with Gasteiger partial charge in [-0.2, -0.15) is 0 Å². The molecule has 0 bridgehead atoms. The molecule has 0 saturated carbocycles. The van der Waals surface area contributed by atoms with Gasteiger partial charge in [0.15, 0.2) is 0 Å². The van der Waals surface area contributed by atoms with Crippen molar-refractivity contribution in [2.75, 3.05) is 0 Å². The van der Waals surface area contributed by atoms with Crippen LogP contribution in [-0.4, -0.2) is 27.4 Å². The summed E-state index contributed by atoms with van der Waals surface area (Å²) in [5.74, 6) is -2.27. The maximum Gasteiger partial charge on any atom is 0.399 e. The number of hydrogen-bond acceptors (Lipinski definition) is 6. The zero-order chi connectivity index (χ0) is 19.0. The maximum absolute atomic E-state index is 12.2. The molecular formula is C19H12N2O6. The topological polar surface area (TPSA) is 98.8 Å². The van der Waals surface area contributed by atoms with Crippen LogP contribution in [0.15, 0.2) is 70.0 Å². The quantitative estimate of drug-likeness (QED) is 0.655. The molecule has 3 aromatic rings. The van der Waals surface area contributed by atoms with Gasteiger partial charge in [0.2, 0.25) is 5.76 Å². The van der Waals surface area contributed by atoms with Crippen molar-refractivity contribution >= 4 is 17.8 Å². The third-order valence-corrected chi connectivity index (χ3v) is 4.02. The van der Waals surface area contributed by atoms with E-state index in [9.17, 15) is 19.2 Å². The highest BCUT2D eigenvalue weighted by Gasteiger charge is 2.39. The Balaban J connectivity index is 1.49. The summed E-state index contributed by atoms with van der Waals surface area (Å²) in [7, 11) is 0. The normalized spacial score (nSPS) is 13.0. The average molecular weight is 364 g/mol. The standard InChI is InChI=1S/C19H12N2O6/c22-16-7-3-4-10-20(16)11-12-8-9-15(26-12)19(25)27-21-17(23)13-5-1-2-6-14(13)18(21)24/h1-10H,11H2. The van der Waals surface area contributed by atoms with Crippen LogP contribution in [0.4, 0.5) is 0 Å². The number of furan rings is 1. The Morgan fingerprint density at radius 1 is 0.889 bits per heavy atom. The third kappa shape index (κ3) is 2.93. The fourth-order valence-electron chi connectivity index (χ4n) is 2.71. The maximum atomic E-state index is 12.2. The van der Waals surface area contributed by atoms with Crippen LogP contribution in [0, 0.1) is 0 Å². The highest BCUT2D eigenvalue weighted by molar-refractivity contribution is 6.21. The van der Waals surface area contributed by atoms with E-state index < -0.39 is 17.8 Å². The number of aromatic nitrogens is 1. The first-order valence-corrected chi connectivity index (χ1v) is 7.99. The van der Waals surface area contributed by atoms with E-state index >= 15 is 0 Å². The first-order chi connectivity index (χ1) is 13.0. The van der Waals surface area contributed by atoms with E-state index in [4.69, 9.17) is 9.25 Å². The average Bonchev–Trinajstić information content (AvgIpc) is 3.23. The molecule has 3 heterocycles. The summed E-state index contributed by atoms with van der Waals surface area (Å²) < 4.78 is 6.78. The zero-order valence-electron chi connectivity index (χ0n) is 13.8. The van der Waals surface area contributed by atoms with Crippen LogP contribution in [0.25, 0.3) is 0 Å². The van der Waals surface area contributed by atoms with Crippen molar-refractivity contribution in [1.82, 2.24) is 9.63 Å². The van der Waals surface area contributed by atoms with E-state index in [0.29, 0.717) is 10.8 Å². The van der Waals surface area contributed by atoms with Crippen molar-refractivity contribution in [3.05, 3.63) is 93.8 Å². The van der Waals surface area contributed by atoms with E-state index in [0.717, 1.165) is 0 Å².